The van der Waals surface area contributed by atoms with Crippen molar-refractivity contribution in [2.24, 2.45) is 0 Å². The fraction of sp³-hybridized carbons (Fsp3) is 0.300. The second kappa shape index (κ2) is 7.73. The topological polar surface area (TPSA) is 49.4 Å². The highest BCUT2D eigenvalue weighted by Gasteiger charge is 2.39. The van der Waals surface area contributed by atoms with Gasteiger partial charge in [-0.15, -0.1) is 0 Å². The van der Waals surface area contributed by atoms with E-state index in [9.17, 15) is 18.4 Å². The third kappa shape index (κ3) is 3.46. The highest BCUT2D eigenvalue weighted by molar-refractivity contribution is 7.64. The van der Waals surface area contributed by atoms with Crippen molar-refractivity contribution in [2.75, 3.05) is 18.2 Å². The number of rotatable bonds is 5. The monoisotopic (exact) mass is 390 g/mol. The number of nitrogens with zero attached hydrogens (tertiary/aromatic N) is 1. The Morgan fingerprint density at radius 2 is 1.81 bits per heavy atom. The standard InChI is InChI=1S/C20H21F2N2O2P/c1-12-10-15(23-11-25)20(26)24(12)16-9-8-14(18(21)19(16)22)13-6-4-5-7-17(13)27(2)3/h4-9,11-12,15H,10H2,1-3H3,(H,23,25). The number of hydrogen-bond acceptors (Lipinski definition) is 2. The van der Waals surface area contributed by atoms with Crippen LogP contribution in [-0.4, -0.2) is 37.7 Å². The van der Waals surface area contributed by atoms with E-state index in [0.29, 0.717) is 18.4 Å². The van der Waals surface area contributed by atoms with Crippen molar-refractivity contribution in [2.45, 2.75) is 25.4 Å². The van der Waals surface area contributed by atoms with Gasteiger partial charge < -0.3 is 10.2 Å². The van der Waals surface area contributed by atoms with E-state index in [1.54, 1.807) is 19.1 Å². The first kappa shape index (κ1) is 19.4. The summed E-state index contributed by atoms with van der Waals surface area (Å²) in [5.74, 6) is -2.46. The number of carbonyl (C=O) groups excluding carboxylic acids is 2. The molecule has 0 bridgehead atoms. The van der Waals surface area contributed by atoms with Crippen LogP contribution in [0.1, 0.15) is 13.3 Å². The van der Waals surface area contributed by atoms with Crippen LogP contribution in [0.5, 0.6) is 0 Å². The first-order valence-electron chi connectivity index (χ1n) is 8.64. The zero-order valence-electron chi connectivity index (χ0n) is 15.4. The van der Waals surface area contributed by atoms with E-state index in [-0.39, 0.29) is 17.3 Å². The Morgan fingerprint density at radius 1 is 1.11 bits per heavy atom. The summed E-state index contributed by atoms with van der Waals surface area (Å²) in [6.07, 6.45) is 0.794. The molecule has 142 valence electrons. The zero-order chi connectivity index (χ0) is 19.7. The molecule has 2 atom stereocenters. The minimum Gasteiger partial charge on any atom is -0.347 e. The minimum absolute atomic E-state index is 0.100. The van der Waals surface area contributed by atoms with Crippen LogP contribution in [0, 0.1) is 11.6 Å². The number of carbonyl (C=O) groups is 2. The number of anilines is 1. The second-order valence-corrected chi connectivity index (χ2v) is 9.07. The Bertz CT molecular complexity index is 888. The lowest BCUT2D eigenvalue weighted by Gasteiger charge is -2.23. The van der Waals surface area contributed by atoms with E-state index < -0.39 is 31.5 Å². The fourth-order valence-corrected chi connectivity index (χ4v) is 4.60. The Labute approximate surface area is 158 Å². The molecule has 1 N–H and O–H groups in total. The highest BCUT2D eigenvalue weighted by Crippen LogP contribution is 2.36. The van der Waals surface area contributed by atoms with Gasteiger partial charge in [0.05, 0.1) is 5.69 Å². The van der Waals surface area contributed by atoms with Gasteiger partial charge in [-0.2, -0.15) is 0 Å². The van der Waals surface area contributed by atoms with Gasteiger partial charge in [-0.05, 0) is 49.7 Å². The molecule has 0 spiro atoms. The van der Waals surface area contributed by atoms with Crippen LogP contribution in [0.2, 0.25) is 0 Å². The minimum atomic E-state index is -1.05. The van der Waals surface area contributed by atoms with Crippen molar-refractivity contribution >= 4 is 31.2 Å². The molecule has 27 heavy (non-hydrogen) atoms. The SMILES string of the molecule is CC1CC(NC=O)C(=O)N1c1ccc(-c2ccccc2P(C)C)c(F)c1F. The van der Waals surface area contributed by atoms with Gasteiger partial charge in [0.1, 0.15) is 6.04 Å². The van der Waals surface area contributed by atoms with Gasteiger partial charge in [0.25, 0.3) is 0 Å². The summed E-state index contributed by atoms with van der Waals surface area (Å²) in [6, 6.07) is 9.28. The van der Waals surface area contributed by atoms with Crippen molar-refractivity contribution in [3.8, 4) is 11.1 Å². The highest BCUT2D eigenvalue weighted by atomic mass is 31.1. The first-order chi connectivity index (χ1) is 12.9. The number of benzene rings is 2. The third-order valence-corrected chi connectivity index (χ3v) is 6.17. The molecule has 2 aromatic carbocycles. The summed E-state index contributed by atoms with van der Waals surface area (Å²) < 4.78 is 29.9. The van der Waals surface area contributed by atoms with E-state index in [0.717, 1.165) is 5.30 Å². The van der Waals surface area contributed by atoms with Gasteiger partial charge in [-0.3, -0.25) is 9.59 Å². The number of halogens is 2. The Balaban J connectivity index is 2.05. The molecular weight excluding hydrogens is 369 g/mol. The molecule has 0 radical (unpaired) electrons. The van der Waals surface area contributed by atoms with Crippen LogP contribution >= 0.6 is 7.92 Å². The molecule has 4 nitrogen and oxygen atoms in total. The average Bonchev–Trinajstić information content (AvgIpc) is 2.91. The molecule has 2 amide bonds. The van der Waals surface area contributed by atoms with Crippen LogP contribution in [-0.2, 0) is 9.59 Å². The quantitative estimate of drug-likeness (QED) is 0.630. The van der Waals surface area contributed by atoms with Gasteiger partial charge in [-0.1, -0.05) is 32.2 Å². The maximum absolute atomic E-state index is 15.0. The summed E-state index contributed by atoms with van der Waals surface area (Å²) >= 11 is 0. The van der Waals surface area contributed by atoms with Crippen LogP contribution < -0.4 is 15.5 Å². The smallest absolute Gasteiger partial charge is 0.249 e. The summed E-state index contributed by atoms with van der Waals surface area (Å²) in [6.45, 7) is 5.86. The summed E-state index contributed by atoms with van der Waals surface area (Å²) in [4.78, 5) is 24.4. The summed E-state index contributed by atoms with van der Waals surface area (Å²) in [5, 5.41) is 3.42. The average molecular weight is 390 g/mol. The normalized spacial score (nSPS) is 19.6. The summed E-state index contributed by atoms with van der Waals surface area (Å²) in [5.41, 5.74) is 0.750. The molecule has 1 heterocycles. The maximum Gasteiger partial charge on any atom is 0.249 e. The summed E-state index contributed by atoms with van der Waals surface area (Å²) in [7, 11) is -0.498. The predicted molar refractivity (Wildman–Crippen MR) is 105 cm³/mol. The predicted octanol–water partition coefficient (Wildman–Crippen LogP) is 3.24. The van der Waals surface area contributed by atoms with Crippen LogP contribution in [0.15, 0.2) is 36.4 Å². The molecule has 1 fully saturated rings. The maximum atomic E-state index is 15.0. The van der Waals surface area contributed by atoms with Gasteiger partial charge in [0.2, 0.25) is 12.3 Å². The number of amides is 2. The Kier molecular flexibility index (Phi) is 5.56. The fourth-order valence-electron chi connectivity index (χ4n) is 3.53. The van der Waals surface area contributed by atoms with Crippen molar-refractivity contribution in [3.05, 3.63) is 48.0 Å². The molecular formula is C20H21F2N2O2P. The molecule has 2 unspecified atom stereocenters. The molecule has 3 rings (SSSR count). The molecule has 1 aliphatic heterocycles. The molecule has 2 aromatic rings. The van der Waals surface area contributed by atoms with Gasteiger partial charge in [0.15, 0.2) is 11.6 Å². The number of nitrogens with one attached hydrogen (secondary N) is 1. The lowest BCUT2D eigenvalue weighted by Crippen LogP contribution is -2.39. The number of hydrogen-bond donors (Lipinski definition) is 1. The third-order valence-electron chi connectivity index (χ3n) is 4.82. The molecule has 1 saturated heterocycles. The van der Waals surface area contributed by atoms with E-state index >= 15 is 0 Å². The first-order valence-corrected chi connectivity index (χ1v) is 10.9. The van der Waals surface area contributed by atoms with Gasteiger partial charge in [0, 0.05) is 11.6 Å². The molecule has 7 heteroatoms. The molecule has 0 saturated carbocycles. The van der Waals surface area contributed by atoms with Crippen molar-refractivity contribution in [1.29, 1.82) is 0 Å². The van der Waals surface area contributed by atoms with Crippen LogP contribution in [0.3, 0.4) is 0 Å². The van der Waals surface area contributed by atoms with Crippen molar-refractivity contribution in [1.82, 2.24) is 5.32 Å². The lowest BCUT2D eigenvalue weighted by molar-refractivity contribution is -0.121. The van der Waals surface area contributed by atoms with Gasteiger partial charge in [-0.25, -0.2) is 8.78 Å². The zero-order valence-corrected chi connectivity index (χ0v) is 16.3. The molecule has 0 aromatic heterocycles. The Morgan fingerprint density at radius 3 is 2.48 bits per heavy atom. The van der Waals surface area contributed by atoms with Crippen LogP contribution in [0.25, 0.3) is 11.1 Å². The van der Waals surface area contributed by atoms with Crippen LogP contribution in [0.4, 0.5) is 14.5 Å². The lowest BCUT2D eigenvalue weighted by atomic mass is 10.0. The van der Waals surface area contributed by atoms with Crippen molar-refractivity contribution in [3.63, 3.8) is 0 Å². The van der Waals surface area contributed by atoms with Gasteiger partial charge >= 0.3 is 0 Å². The second-order valence-electron chi connectivity index (χ2n) is 6.80. The van der Waals surface area contributed by atoms with Crippen molar-refractivity contribution < 1.29 is 18.4 Å². The van der Waals surface area contributed by atoms with E-state index in [1.807, 2.05) is 12.1 Å². The largest absolute Gasteiger partial charge is 0.347 e. The molecule has 0 aliphatic carbocycles. The Hall–Kier alpha value is -2.33. The van der Waals surface area contributed by atoms with E-state index in [2.05, 4.69) is 18.6 Å². The van der Waals surface area contributed by atoms with E-state index in [1.165, 1.54) is 17.0 Å². The molecule has 1 aliphatic rings. The van der Waals surface area contributed by atoms with E-state index in [4.69, 9.17) is 0 Å².